The van der Waals surface area contributed by atoms with E-state index in [9.17, 15) is 9.59 Å². The maximum atomic E-state index is 11.7. The molecule has 0 radical (unpaired) electrons. The average Bonchev–Trinajstić information content (AvgIpc) is 2.72. The van der Waals surface area contributed by atoms with Gasteiger partial charge in [0.1, 0.15) is 6.61 Å². The number of ether oxygens (including phenoxy) is 2. The molecule has 9 heteroatoms. The van der Waals surface area contributed by atoms with E-state index in [1.807, 2.05) is 41.5 Å². The van der Waals surface area contributed by atoms with Crippen molar-refractivity contribution in [1.29, 1.82) is 0 Å². The van der Waals surface area contributed by atoms with Gasteiger partial charge in [-0.15, -0.1) is 0 Å². The maximum absolute atomic E-state index is 11.7. The molecule has 0 aliphatic heterocycles. The molecule has 0 aliphatic rings. The lowest BCUT2D eigenvalue weighted by Crippen LogP contribution is -2.42. The van der Waals surface area contributed by atoms with Gasteiger partial charge in [0.2, 0.25) is 0 Å². The summed E-state index contributed by atoms with van der Waals surface area (Å²) in [6.07, 6.45) is 2.18. The fourth-order valence-electron chi connectivity index (χ4n) is 1.83. The van der Waals surface area contributed by atoms with Gasteiger partial charge in [-0.2, -0.15) is 0 Å². The monoisotopic (exact) mass is 438 g/mol. The first kappa shape index (κ1) is 30.2. The Hall–Kier alpha value is -1.00. The average molecular weight is 439 g/mol. The molecule has 0 saturated heterocycles. The second-order valence-electron chi connectivity index (χ2n) is 7.87. The lowest BCUT2D eigenvalue weighted by Gasteiger charge is -2.24. The van der Waals surface area contributed by atoms with Crippen LogP contribution in [0.15, 0.2) is 0 Å². The van der Waals surface area contributed by atoms with Crippen molar-refractivity contribution in [3.8, 4) is 0 Å². The molecule has 174 valence electrons. The van der Waals surface area contributed by atoms with Crippen molar-refractivity contribution in [2.24, 2.45) is 10.8 Å². The van der Waals surface area contributed by atoms with Gasteiger partial charge in [-0.25, -0.2) is 0 Å². The van der Waals surface area contributed by atoms with Gasteiger partial charge in [0.15, 0.2) is 0 Å². The minimum atomic E-state index is -2.53. The summed E-state index contributed by atoms with van der Waals surface area (Å²) in [5.74, 6) is -0.404. The van der Waals surface area contributed by atoms with E-state index in [4.69, 9.17) is 27.9 Å². The molecule has 0 amide bonds. The van der Waals surface area contributed by atoms with Crippen molar-refractivity contribution in [3.05, 3.63) is 0 Å². The van der Waals surface area contributed by atoms with Crippen molar-refractivity contribution in [2.75, 3.05) is 41.2 Å². The Labute approximate surface area is 177 Å². The molecule has 0 bridgehead atoms. The lowest BCUT2D eigenvalue weighted by atomic mass is 9.91. The second kappa shape index (κ2) is 14.9. The van der Waals surface area contributed by atoms with Crippen LogP contribution >= 0.6 is 0 Å². The van der Waals surface area contributed by atoms with E-state index in [0.717, 1.165) is 12.8 Å². The zero-order chi connectivity index (χ0) is 23.1. The van der Waals surface area contributed by atoms with E-state index in [0.29, 0.717) is 19.1 Å². The number of hydrogen-bond donors (Lipinski definition) is 1. The Morgan fingerprint density at radius 3 is 1.48 bits per heavy atom. The number of hydrogen-bond acceptors (Lipinski definition) is 8. The van der Waals surface area contributed by atoms with Gasteiger partial charge in [-0.3, -0.25) is 9.59 Å². The highest BCUT2D eigenvalue weighted by Crippen LogP contribution is 2.22. The molecule has 0 fully saturated rings. The third kappa shape index (κ3) is 11.7. The van der Waals surface area contributed by atoms with E-state index in [2.05, 4.69) is 0 Å². The Balaban J connectivity index is 0. The van der Waals surface area contributed by atoms with Crippen LogP contribution in [0.5, 0.6) is 0 Å². The largest absolute Gasteiger partial charge is 0.500 e. The van der Waals surface area contributed by atoms with Gasteiger partial charge >= 0.3 is 20.7 Å². The molecular formula is C20H42O8Si. The fourth-order valence-corrected chi connectivity index (χ4v) is 3.52. The summed E-state index contributed by atoms with van der Waals surface area (Å²) in [6.45, 7) is 11.7. The van der Waals surface area contributed by atoms with Gasteiger partial charge in [0, 0.05) is 27.4 Å². The number of aliphatic hydroxyl groups is 1. The molecule has 0 rings (SSSR count). The Bertz CT molecular complexity index is 453. The molecule has 1 N–H and O–H groups in total. The zero-order valence-electron chi connectivity index (χ0n) is 19.8. The van der Waals surface area contributed by atoms with E-state index in [-0.39, 0.29) is 25.2 Å². The fraction of sp³-hybridized carbons (Fsp3) is 0.900. The van der Waals surface area contributed by atoms with Crippen LogP contribution in [0, 0.1) is 10.8 Å². The van der Waals surface area contributed by atoms with Gasteiger partial charge in [0.25, 0.3) is 0 Å². The van der Waals surface area contributed by atoms with Crippen LogP contribution in [-0.4, -0.2) is 67.0 Å². The molecule has 29 heavy (non-hydrogen) atoms. The number of carbonyl (C=O) groups excluding carboxylic acids is 2. The molecule has 0 spiro atoms. The van der Waals surface area contributed by atoms with E-state index in [1.165, 1.54) is 0 Å². The highest BCUT2D eigenvalue weighted by atomic mass is 28.4. The summed E-state index contributed by atoms with van der Waals surface area (Å²) in [6, 6.07) is 0.635. The smallest absolute Gasteiger partial charge is 0.465 e. The lowest BCUT2D eigenvalue weighted by molar-refractivity contribution is -0.155. The van der Waals surface area contributed by atoms with Crippen LogP contribution in [0.25, 0.3) is 0 Å². The molecule has 0 aromatic carbocycles. The van der Waals surface area contributed by atoms with Crippen LogP contribution in [0.1, 0.15) is 60.8 Å². The molecule has 0 saturated carbocycles. The summed E-state index contributed by atoms with van der Waals surface area (Å²) < 4.78 is 25.9. The summed E-state index contributed by atoms with van der Waals surface area (Å²) in [5.41, 5.74) is -0.840. The van der Waals surface area contributed by atoms with Crippen LogP contribution in [-0.2, 0) is 32.3 Å². The number of carbonyl (C=O) groups is 2. The Kier molecular flexibility index (Phi) is 15.5. The van der Waals surface area contributed by atoms with Crippen molar-refractivity contribution >= 4 is 20.7 Å². The van der Waals surface area contributed by atoms with Gasteiger partial charge in [-0.05, 0) is 47.0 Å². The quantitative estimate of drug-likeness (QED) is 0.266. The zero-order valence-corrected chi connectivity index (χ0v) is 20.8. The van der Waals surface area contributed by atoms with E-state index >= 15 is 0 Å². The first-order valence-corrected chi connectivity index (χ1v) is 12.0. The summed E-state index contributed by atoms with van der Waals surface area (Å²) in [4.78, 5) is 22.8. The summed E-state index contributed by atoms with van der Waals surface area (Å²) in [7, 11) is 2.19. The van der Waals surface area contributed by atoms with Gasteiger partial charge < -0.3 is 27.9 Å². The SMILES string of the molecule is CCC(C)(C)C(=O)OCCC[Si](OC)(OC)OC.CCC(C)(C)C(=O)OCCO. The maximum Gasteiger partial charge on any atom is 0.500 e. The van der Waals surface area contributed by atoms with Gasteiger partial charge in [0.05, 0.1) is 24.0 Å². The minimum absolute atomic E-state index is 0.0995. The highest BCUT2D eigenvalue weighted by Gasteiger charge is 2.37. The second-order valence-corrected chi connectivity index (χ2v) is 11.0. The third-order valence-electron chi connectivity index (χ3n) is 4.99. The molecular weight excluding hydrogens is 396 g/mol. The van der Waals surface area contributed by atoms with Crippen molar-refractivity contribution < 1.29 is 37.4 Å². The number of esters is 2. The summed E-state index contributed by atoms with van der Waals surface area (Å²) >= 11 is 0. The Morgan fingerprint density at radius 1 is 0.793 bits per heavy atom. The normalized spacial score (nSPS) is 12.1. The minimum Gasteiger partial charge on any atom is -0.465 e. The topological polar surface area (TPSA) is 101 Å². The molecule has 0 unspecified atom stereocenters. The van der Waals surface area contributed by atoms with Crippen molar-refractivity contribution in [3.63, 3.8) is 0 Å². The molecule has 8 nitrogen and oxygen atoms in total. The van der Waals surface area contributed by atoms with Crippen LogP contribution < -0.4 is 0 Å². The standard InChI is InChI=1S/C12H26O5Si.C8H16O3/c1-7-12(2,3)11(13)17-9-8-10-18(14-4,15-5)16-6;1-4-8(2,3)7(10)11-6-5-9/h7-10H2,1-6H3;9H,4-6H2,1-3H3. The molecule has 0 heterocycles. The predicted octanol–water partition coefficient (Wildman–Crippen LogP) is 3.19. The van der Waals surface area contributed by atoms with Gasteiger partial charge in [-0.1, -0.05) is 13.8 Å². The number of rotatable bonds is 13. The van der Waals surface area contributed by atoms with Crippen LogP contribution in [0.3, 0.4) is 0 Å². The van der Waals surface area contributed by atoms with Crippen LogP contribution in [0.4, 0.5) is 0 Å². The predicted molar refractivity (Wildman–Crippen MR) is 113 cm³/mol. The van der Waals surface area contributed by atoms with Crippen molar-refractivity contribution in [1.82, 2.24) is 0 Å². The first-order valence-electron chi connectivity index (χ1n) is 10.0. The molecule has 0 aromatic heterocycles. The highest BCUT2D eigenvalue weighted by molar-refractivity contribution is 6.60. The summed E-state index contributed by atoms with van der Waals surface area (Å²) in [5, 5.41) is 8.38. The Morgan fingerprint density at radius 2 is 1.17 bits per heavy atom. The molecule has 0 aromatic rings. The first-order chi connectivity index (χ1) is 13.4. The molecule has 0 atom stereocenters. The van der Waals surface area contributed by atoms with E-state index < -0.39 is 19.6 Å². The van der Waals surface area contributed by atoms with Crippen LogP contribution in [0.2, 0.25) is 6.04 Å². The third-order valence-corrected chi connectivity index (χ3v) is 7.82. The number of aliphatic hydroxyl groups excluding tert-OH is 1. The van der Waals surface area contributed by atoms with Crippen molar-refractivity contribution in [2.45, 2.75) is 66.8 Å². The van der Waals surface area contributed by atoms with E-state index in [1.54, 1.807) is 21.3 Å². The molecule has 0 aliphatic carbocycles.